The summed E-state index contributed by atoms with van der Waals surface area (Å²) in [7, 11) is -0.316. The molecule has 0 N–H and O–H groups in total. The zero-order chi connectivity index (χ0) is 28.1. The van der Waals surface area contributed by atoms with E-state index in [1.54, 1.807) is 12.7 Å². The number of carbonyl (C=O) groups excluding carboxylic acids is 2. The van der Waals surface area contributed by atoms with Gasteiger partial charge in [0.25, 0.3) is 0 Å². The highest BCUT2D eigenvalue weighted by Gasteiger charge is 2.67. The number of hydrogen-bond donors (Lipinski definition) is 0. The summed E-state index contributed by atoms with van der Waals surface area (Å²) in [5.74, 6) is 1.77. The highest BCUT2D eigenvalue weighted by atomic mass is 28.4. The number of rotatable bonds is 15. The third kappa shape index (κ3) is 7.55. The van der Waals surface area contributed by atoms with Crippen molar-refractivity contribution in [2.75, 3.05) is 27.1 Å². The molecule has 0 heterocycles. The minimum Gasteiger partial charge on any atom is -0.417 e. The highest BCUT2D eigenvalue weighted by molar-refractivity contribution is 6.74. The second-order valence-electron chi connectivity index (χ2n) is 13.9. The Hall–Kier alpha value is -1.08. The Kier molecular flexibility index (Phi) is 10.8. The summed E-state index contributed by atoms with van der Waals surface area (Å²) in [6, 6.07) is 0. The van der Waals surface area contributed by atoms with Crippen LogP contribution < -0.4 is 0 Å². The lowest BCUT2D eigenvalue weighted by molar-refractivity contribution is -0.127. The van der Waals surface area contributed by atoms with Gasteiger partial charge in [0, 0.05) is 38.4 Å². The summed E-state index contributed by atoms with van der Waals surface area (Å²) in [6.45, 7) is 17.2. The third-order valence-electron chi connectivity index (χ3n) is 10.1. The van der Waals surface area contributed by atoms with Crippen LogP contribution in [0.3, 0.4) is 0 Å². The van der Waals surface area contributed by atoms with Gasteiger partial charge >= 0.3 is 0 Å². The smallest absolute Gasteiger partial charge is 0.191 e. The van der Waals surface area contributed by atoms with Crippen molar-refractivity contribution in [2.24, 2.45) is 29.1 Å². The largest absolute Gasteiger partial charge is 0.417 e. The number of ketones is 2. The first kappa shape index (κ1) is 31.4. The quantitative estimate of drug-likeness (QED) is 0.0913. The maximum absolute atomic E-state index is 13.9. The fourth-order valence-corrected chi connectivity index (χ4v) is 7.63. The Bertz CT molecular complexity index is 898. The number of methoxy groups -OCH3 is 1. The summed E-state index contributed by atoms with van der Waals surface area (Å²) >= 11 is 0. The van der Waals surface area contributed by atoms with Crippen molar-refractivity contribution >= 4 is 19.9 Å². The van der Waals surface area contributed by atoms with E-state index >= 15 is 0 Å². The van der Waals surface area contributed by atoms with Crippen LogP contribution in [0, 0.1) is 29.1 Å². The molecular formula is C32H54O5Si. The molecule has 216 valence electrons. The van der Waals surface area contributed by atoms with Crippen LogP contribution in [0.4, 0.5) is 0 Å². The highest BCUT2D eigenvalue weighted by Crippen LogP contribution is 2.69. The number of Topliss-reactive ketones (excluding diaryl/α,β-unsaturated/α-hetero) is 2. The van der Waals surface area contributed by atoms with Gasteiger partial charge < -0.3 is 13.9 Å². The topological polar surface area (TPSA) is 61.8 Å². The molecule has 2 fully saturated rings. The number of fused-ring (bicyclic) bond motifs is 1. The van der Waals surface area contributed by atoms with E-state index < -0.39 is 8.32 Å². The van der Waals surface area contributed by atoms with Crippen molar-refractivity contribution in [1.29, 1.82) is 0 Å². The molecule has 0 aliphatic heterocycles. The van der Waals surface area contributed by atoms with Gasteiger partial charge in [0.05, 0.1) is 6.61 Å². The molecule has 5 atom stereocenters. The Balaban J connectivity index is 1.59. The lowest BCUT2D eigenvalue weighted by Gasteiger charge is -2.38. The van der Waals surface area contributed by atoms with Gasteiger partial charge in [-0.05, 0) is 87.3 Å². The van der Waals surface area contributed by atoms with Gasteiger partial charge in [-0.1, -0.05) is 51.0 Å². The molecule has 0 amide bonds. The predicted octanol–water partition coefficient (Wildman–Crippen LogP) is 7.66. The molecule has 5 nitrogen and oxygen atoms in total. The monoisotopic (exact) mass is 546 g/mol. The van der Waals surface area contributed by atoms with Crippen molar-refractivity contribution in [3.8, 4) is 0 Å². The van der Waals surface area contributed by atoms with E-state index in [4.69, 9.17) is 13.9 Å². The summed E-state index contributed by atoms with van der Waals surface area (Å²) < 4.78 is 17.0. The summed E-state index contributed by atoms with van der Waals surface area (Å²) in [5, 5.41) is 0.137. The van der Waals surface area contributed by atoms with Crippen LogP contribution >= 0.6 is 0 Å². The lowest BCUT2D eigenvalue weighted by Crippen LogP contribution is -2.43. The molecule has 0 saturated heterocycles. The molecule has 1 unspecified atom stereocenters. The van der Waals surface area contributed by atoms with Gasteiger partial charge in [0.1, 0.15) is 18.4 Å². The molecular weight excluding hydrogens is 492 g/mol. The number of ether oxygens (including phenoxy) is 2. The van der Waals surface area contributed by atoms with E-state index in [0.29, 0.717) is 43.5 Å². The van der Waals surface area contributed by atoms with Gasteiger partial charge in [-0.2, -0.15) is 0 Å². The minimum atomic E-state index is -1.93. The molecule has 3 aliphatic rings. The average Bonchev–Trinajstić information content (AvgIpc) is 3.51. The molecule has 0 aromatic heterocycles. The molecule has 0 spiro atoms. The molecule has 0 aromatic rings. The van der Waals surface area contributed by atoms with Crippen molar-refractivity contribution < 1.29 is 23.5 Å². The standard InChI is InChI=1S/C32H54O5Si/c1-23(20-36-22-35-6)12-9-15-26(33)16-10-13-25(21-37-38(7,8)31(2,3)4)27-18-17-24-14-11-19-32(5)28(24)29(32)30(27)34/h12,14,25,27-29H,9-11,13,15-22H2,1-8H3/b23-12+/t25-,27?,28-,29-,32-/m1/s1. The van der Waals surface area contributed by atoms with Crippen LogP contribution in [-0.2, 0) is 23.5 Å². The molecule has 38 heavy (non-hydrogen) atoms. The van der Waals surface area contributed by atoms with Crippen LogP contribution in [0.5, 0.6) is 0 Å². The zero-order valence-corrected chi connectivity index (χ0v) is 26.5. The Morgan fingerprint density at radius 1 is 1.24 bits per heavy atom. The Morgan fingerprint density at radius 2 is 1.97 bits per heavy atom. The first-order chi connectivity index (χ1) is 17.8. The van der Waals surface area contributed by atoms with Gasteiger partial charge in [0.15, 0.2) is 8.32 Å². The maximum Gasteiger partial charge on any atom is 0.191 e. The van der Waals surface area contributed by atoms with Crippen molar-refractivity contribution in [3.63, 3.8) is 0 Å². The maximum atomic E-state index is 13.9. The van der Waals surface area contributed by atoms with E-state index in [1.807, 2.05) is 6.92 Å². The second kappa shape index (κ2) is 13.1. The van der Waals surface area contributed by atoms with Crippen LogP contribution in [-0.4, -0.2) is 47.0 Å². The van der Waals surface area contributed by atoms with Crippen molar-refractivity contribution in [3.05, 3.63) is 23.3 Å². The first-order valence-corrected chi connectivity index (χ1v) is 17.8. The first-order valence-electron chi connectivity index (χ1n) is 14.9. The van der Waals surface area contributed by atoms with E-state index in [2.05, 4.69) is 52.9 Å². The Morgan fingerprint density at radius 3 is 2.66 bits per heavy atom. The minimum absolute atomic E-state index is 0.0610. The van der Waals surface area contributed by atoms with E-state index in [0.717, 1.165) is 50.5 Å². The summed E-state index contributed by atoms with van der Waals surface area (Å²) in [5.41, 5.74) is 2.87. The summed E-state index contributed by atoms with van der Waals surface area (Å²) in [4.78, 5) is 26.6. The fourth-order valence-electron chi connectivity index (χ4n) is 6.56. The molecule has 0 radical (unpaired) electrons. The average molecular weight is 547 g/mol. The van der Waals surface area contributed by atoms with Crippen molar-refractivity contribution in [2.45, 2.75) is 111 Å². The number of allylic oxidation sites excluding steroid dienone is 3. The molecule has 3 rings (SSSR count). The van der Waals surface area contributed by atoms with E-state index in [9.17, 15) is 9.59 Å². The molecule has 0 bridgehead atoms. The van der Waals surface area contributed by atoms with Crippen LogP contribution in [0.25, 0.3) is 0 Å². The molecule has 2 saturated carbocycles. The van der Waals surface area contributed by atoms with Gasteiger partial charge in [-0.3, -0.25) is 9.59 Å². The SMILES string of the molecule is COCOC/C(C)=C/CCC(=O)CCC[C@H](CO[Si](C)(C)C(C)(C)C)C1CCC2=CCC[C@]3(C)[C@H]2[C@@H]3C1=O. The second-order valence-corrected chi connectivity index (χ2v) is 18.7. The number of carbonyl (C=O) groups is 2. The molecule has 0 aromatic carbocycles. The third-order valence-corrected chi connectivity index (χ3v) is 14.6. The van der Waals surface area contributed by atoms with Gasteiger partial charge in [-0.25, -0.2) is 0 Å². The summed E-state index contributed by atoms with van der Waals surface area (Å²) in [6.07, 6.45) is 12.4. The zero-order valence-electron chi connectivity index (χ0n) is 25.5. The normalized spacial score (nSPS) is 28.4. The molecule has 6 heteroatoms. The predicted molar refractivity (Wildman–Crippen MR) is 156 cm³/mol. The van der Waals surface area contributed by atoms with E-state index in [-0.39, 0.29) is 35.0 Å². The van der Waals surface area contributed by atoms with E-state index in [1.165, 1.54) is 0 Å². The van der Waals surface area contributed by atoms with Gasteiger partial charge in [-0.15, -0.1) is 0 Å². The fraction of sp³-hybridized carbons (Fsp3) is 0.812. The van der Waals surface area contributed by atoms with Crippen LogP contribution in [0.1, 0.15) is 92.4 Å². The van der Waals surface area contributed by atoms with Crippen molar-refractivity contribution in [1.82, 2.24) is 0 Å². The van der Waals surface area contributed by atoms with Crippen LogP contribution in [0.15, 0.2) is 23.3 Å². The molecule has 3 aliphatic carbocycles. The van der Waals surface area contributed by atoms with Crippen LogP contribution in [0.2, 0.25) is 18.1 Å². The Labute approximate surface area is 233 Å². The van der Waals surface area contributed by atoms with Gasteiger partial charge in [0.2, 0.25) is 0 Å². The number of hydrogen-bond acceptors (Lipinski definition) is 5. The lowest BCUT2D eigenvalue weighted by atomic mass is 9.78.